The highest BCUT2D eigenvalue weighted by atomic mass is 32.1. The summed E-state index contributed by atoms with van der Waals surface area (Å²) in [5, 5.41) is 4.81. The first-order valence-electron chi connectivity index (χ1n) is 5.08. The molecule has 0 aromatic carbocycles. The molecular formula is C9H16N4S. The lowest BCUT2D eigenvalue weighted by atomic mass is 10.0. The van der Waals surface area contributed by atoms with Crippen molar-refractivity contribution in [3.8, 4) is 0 Å². The van der Waals surface area contributed by atoms with Crippen molar-refractivity contribution >= 4 is 16.5 Å². The standard InChI is InChI=1S/C9H16N4S/c1-7-4-2-3-5-13(7)6-8-9(10)14-12-11-8/h7H,2-6,10H2,1H3. The number of nitrogens with two attached hydrogens (primary N) is 1. The normalized spacial score (nSPS) is 23.9. The molecule has 1 unspecified atom stereocenters. The molecule has 4 nitrogen and oxygen atoms in total. The van der Waals surface area contributed by atoms with Gasteiger partial charge in [0.1, 0.15) is 10.7 Å². The van der Waals surface area contributed by atoms with Gasteiger partial charge in [0.15, 0.2) is 0 Å². The van der Waals surface area contributed by atoms with Crippen LogP contribution in [0.25, 0.3) is 0 Å². The summed E-state index contributed by atoms with van der Waals surface area (Å²) in [5.74, 6) is 0. The molecule has 2 N–H and O–H groups in total. The second kappa shape index (κ2) is 4.23. The van der Waals surface area contributed by atoms with Crippen LogP contribution in [0.5, 0.6) is 0 Å². The van der Waals surface area contributed by atoms with Gasteiger partial charge in [0.2, 0.25) is 0 Å². The fraction of sp³-hybridized carbons (Fsp3) is 0.778. The number of nitrogen functional groups attached to an aromatic ring is 1. The van der Waals surface area contributed by atoms with Gasteiger partial charge in [0.05, 0.1) is 0 Å². The van der Waals surface area contributed by atoms with Crippen LogP contribution in [0, 0.1) is 0 Å². The minimum Gasteiger partial charge on any atom is -0.388 e. The maximum Gasteiger partial charge on any atom is 0.132 e. The summed E-state index contributed by atoms with van der Waals surface area (Å²) in [6, 6.07) is 0.657. The lowest BCUT2D eigenvalue weighted by Gasteiger charge is -2.32. The molecule has 0 saturated carbocycles. The van der Waals surface area contributed by atoms with Crippen molar-refractivity contribution in [3.05, 3.63) is 5.69 Å². The molecule has 5 heteroatoms. The lowest BCUT2D eigenvalue weighted by molar-refractivity contribution is 0.151. The van der Waals surface area contributed by atoms with Gasteiger partial charge in [-0.05, 0) is 26.3 Å². The number of rotatable bonds is 2. The summed E-state index contributed by atoms with van der Waals surface area (Å²) in [7, 11) is 0. The van der Waals surface area contributed by atoms with E-state index in [1.165, 1.54) is 30.8 Å². The van der Waals surface area contributed by atoms with E-state index >= 15 is 0 Å². The number of aromatic nitrogens is 2. The van der Waals surface area contributed by atoms with Crippen LogP contribution >= 0.6 is 11.5 Å². The highest BCUT2D eigenvalue weighted by Gasteiger charge is 2.20. The van der Waals surface area contributed by atoms with E-state index in [2.05, 4.69) is 21.4 Å². The Morgan fingerprint density at radius 2 is 2.43 bits per heavy atom. The fourth-order valence-electron chi connectivity index (χ4n) is 1.91. The Labute approximate surface area is 88.3 Å². The summed E-state index contributed by atoms with van der Waals surface area (Å²) in [6.07, 6.45) is 3.93. The van der Waals surface area contributed by atoms with Gasteiger partial charge in [0.25, 0.3) is 0 Å². The number of anilines is 1. The van der Waals surface area contributed by atoms with Crippen molar-refractivity contribution in [1.29, 1.82) is 0 Å². The van der Waals surface area contributed by atoms with Crippen molar-refractivity contribution in [3.63, 3.8) is 0 Å². The Balaban J connectivity index is 1.99. The van der Waals surface area contributed by atoms with Crippen molar-refractivity contribution in [1.82, 2.24) is 14.5 Å². The van der Waals surface area contributed by atoms with Gasteiger partial charge in [-0.2, -0.15) is 0 Å². The molecule has 1 saturated heterocycles. The first kappa shape index (κ1) is 9.86. The highest BCUT2D eigenvalue weighted by Crippen LogP contribution is 2.21. The molecule has 2 rings (SSSR count). The average Bonchev–Trinajstić information content (AvgIpc) is 2.56. The lowest BCUT2D eigenvalue weighted by Crippen LogP contribution is -2.37. The van der Waals surface area contributed by atoms with Crippen molar-refractivity contribution in [2.24, 2.45) is 0 Å². The zero-order chi connectivity index (χ0) is 9.97. The predicted octanol–water partition coefficient (Wildman–Crippen LogP) is 1.49. The van der Waals surface area contributed by atoms with Gasteiger partial charge in [-0.25, -0.2) is 0 Å². The van der Waals surface area contributed by atoms with Crippen LogP contribution in [-0.4, -0.2) is 27.1 Å². The maximum absolute atomic E-state index is 5.77. The molecule has 14 heavy (non-hydrogen) atoms. The summed E-state index contributed by atoms with van der Waals surface area (Å²) in [4.78, 5) is 2.44. The van der Waals surface area contributed by atoms with E-state index in [0.29, 0.717) is 6.04 Å². The molecule has 1 aliphatic rings. The molecule has 1 fully saturated rings. The molecule has 1 atom stereocenters. The number of nitrogens with zero attached hydrogens (tertiary/aromatic N) is 3. The van der Waals surface area contributed by atoms with Crippen LogP contribution in [0.1, 0.15) is 31.9 Å². The van der Waals surface area contributed by atoms with Crippen LogP contribution in [0.4, 0.5) is 5.00 Å². The van der Waals surface area contributed by atoms with Crippen LogP contribution < -0.4 is 5.73 Å². The van der Waals surface area contributed by atoms with E-state index in [0.717, 1.165) is 23.8 Å². The Morgan fingerprint density at radius 1 is 1.57 bits per heavy atom. The van der Waals surface area contributed by atoms with Crippen LogP contribution in [0.15, 0.2) is 0 Å². The van der Waals surface area contributed by atoms with Crippen LogP contribution in [0.3, 0.4) is 0 Å². The minimum atomic E-state index is 0.657. The first-order chi connectivity index (χ1) is 6.77. The quantitative estimate of drug-likeness (QED) is 0.807. The van der Waals surface area contributed by atoms with Gasteiger partial charge < -0.3 is 5.73 Å². The molecule has 78 valence electrons. The molecule has 0 aliphatic carbocycles. The summed E-state index contributed by atoms with van der Waals surface area (Å²) in [6.45, 7) is 4.30. The SMILES string of the molecule is CC1CCCCN1Cc1nnsc1N. The Kier molecular flexibility index (Phi) is 2.98. The number of hydrogen-bond acceptors (Lipinski definition) is 5. The molecule has 0 spiro atoms. The van der Waals surface area contributed by atoms with E-state index < -0.39 is 0 Å². The molecule has 2 heterocycles. The molecule has 1 aromatic heterocycles. The van der Waals surface area contributed by atoms with E-state index in [1.54, 1.807) is 0 Å². The van der Waals surface area contributed by atoms with Gasteiger partial charge in [-0.1, -0.05) is 10.9 Å². The Morgan fingerprint density at radius 3 is 3.07 bits per heavy atom. The molecule has 0 radical (unpaired) electrons. The Bertz CT molecular complexity index is 299. The van der Waals surface area contributed by atoms with Crippen molar-refractivity contribution in [2.45, 2.75) is 38.8 Å². The van der Waals surface area contributed by atoms with E-state index in [-0.39, 0.29) is 0 Å². The number of hydrogen-bond donors (Lipinski definition) is 1. The second-order valence-electron chi connectivity index (χ2n) is 3.90. The molecular weight excluding hydrogens is 196 g/mol. The number of likely N-dealkylation sites (tertiary alicyclic amines) is 1. The van der Waals surface area contributed by atoms with Gasteiger partial charge in [0, 0.05) is 24.1 Å². The zero-order valence-corrected chi connectivity index (χ0v) is 9.26. The van der Waals surface area contributed by atoms with Gasteiger partial charge in [-0.3, -0.25) is 4.90 Å². The minimum absolute atomic E-state index is 0.657. The van der Waals surface area contributed by atoms with Gasteiger partial charge >= 0.3 is 0 Å². The van der Waals surface area contributed by atoms with Gasteiger partial charge in [-0.15, -0.1) is 5.10 Å². The third kappa shape index (κ3) is 2.04. The van der Waals surface area contributed by atoms with Crippen molar-refractivity contribution < 1.29 is 0 Å². The zero-order valence-electron chi connectivity index (χ0n) is 8.44. The maximum atomic E-state index is 5.77. The number of piperidine rings is 1. The molecule has 1 aliphatic heterocycles. The largest absolute Gasteiger partial charge is 0.388 e. The monoisotopic (exact) mass is 212 g/mol. The summed E-state index contributed by atoms with van der Waals surface area (Å²) >= 11 is 1.28. The van der Waals surface area contributed by atoms with Crippen molar-refractivity contribution in [2.75, 3.05) is 12.3 Å². The summed E-state index contributed by atoms with van der Waals surface area (Å²) in [5.41, 5.74) is 6.72. The molecule has 0 bridgehead atoms. The Hall–Kier alpha value is -0.680. The van der Waals surface area contributed by atoms with E-state index in [1.807, 2.05) is 0 Å². The molecule has 1 aromatic rings. The third-order valence-corrected chi connectivity index (χ3v) is 3.47. The summed E-state index contributed by atoms with van der Waals surface area (Å²) < 4.78 is 3.85. The highest BCUT2D eigenvalue weighted by molar-refractivity contribution is 7.09. The van der Waals surface area contributed by atoms with Crippen LogP contribution in [0.2, 0.25) is 0 Å². The van der Waals surface area contributed by atoms with Crippen LogP contribution in [-0.2, 0) is 6.54 Å². The molecule has 0 amide bonds. The second-order valence-corrected chi connectivity index (χ2v) is 4.68. The average molecular weight is 212 g/mol. The first-order valence-corrected chi connectivity index (χ1v) is 5.85. The van der Waals surface area contributed by atoms with E-state index in [9.17, 15) is 0 Å². The fourth-order valence-corrected chi connectivity index (χ4v) is 2.35. The predicted molar refractivity (Wildman–Crippen MR) is 58.0 cm³/mol. The third-order valence-electron chi connectivity index (χ3n) is 2.88. The van der Waals surface area contributed by atoms with E-state index in [4.69, 9.17) is 5.73 Å². The smallest absolute Gasteiger partial charge is 0.132 e. The topological polar surface area (TPSA) is 55.0 Å².